The third kappa shape index (κ3) is 3.40. The summed E-state index contributed by atoms with van der Waals surface area (Å²) in [6.07, 6.45) is 4.94. The molecule has 174 valence electrons. The molecule has 0 amide bonds. The lowest BCUT2D eigenvalue weighted by molar-refractivity contribution is 0.323. The Morgan fingerprint density at radius 2 is 1.59 bits per heavy atom. The van der Waals surface area contributed by atoms with Crippen LogP contribution in [0.4, 0.5) is 0 Å². The fourth-order valence-electron chi connectivity index (χ4n) is 4.54. The fraction of sp³-hybridized carbons (Fsp3) is 0.240. The van der Waals surface area contributed by atoms with Gasteiger partial charge in [-0.15, -0.1) is 4.37 Å². The van der Waals surface area contributed by atoms with Crippen molar-refractivity contribution in [3.8, 4) is 34.5 Å². The Kier molecular flexibility index (Phi) is 5.70. The molecule has 0 radical (unpaired) electrons. The molecule has 0 aliphatic heterocycles. The van der Waals surface area contributed by atoms with Gasteiger partial charge < -0.3 is 18.9 Å². The van der Waals surface area contributed by atoms with Gasteiger partial charge in [0.2, 0.25) is 5.75 Å². The third-order valence-electron chi connectivity index (χ3n) is 6.22. The Hall–Kier alpha value is -3.85. The van der Waals surface area contributed by atoms with Gasteiger partial charge in [0, 0.05) is 23.1 Å². The summed E-state index contributed by atoms with van der Waals surface area (Å²) in [6, 6.07) is 14.4. The molecular weight excluding hydrogens is 452 g/mol. The molecule has 0 spiro atoms. The van der Waals surface area contributed by atoms with Crippen LogP contribution in [0.2, 0.25) is 0 Å². The first-order valence-electron chi connectivity index (χ1n) is 10.6. The lowest BCUT2D eigenvalue weighted by Crippen LogP contribution is -2.30. The van der Waals surface area contributed by atoms with Crippen LogP contribution in [0.25, 0.3) is 17.5 Å². The molecule has 34 heavy (non-hydrogen) atoms. The minimum Gasteiger partial charge on any atom is -0.493 e. The van der Waals surface area contributed by atoms with Crippen LogP contribution >= 0.6 is 11.7 Å². The van der Waals surface area contributed by atoms with Gasteiger partial charge in [-0.3, -0.25) is 5.10 Å². The van der Waals surface area contributed by atoms with Crippen LogP contribution < -0.4 is 18.9 Å². The van der Waals surface area contributed by atoms with Crippen molar-refractivity contribution >= 4 is 17.8 Å². The van der Waals surface area contributed by atoms with Gasteiger partial charge in [-0.25, -0.2) is 0 Å². The number of fused-ring (bicyclic) bond motifs is 1. The number of hydrogen-bond donors (Lipinski definition) is 1. The van der Waals surface area contributed by atoms with E-state index in [2.05, 4.69) is 43.2 Å². The minimum atomic E-state index is -0.491. The van der Waals surface area contributed by atoms with Gasteiger partial charge in [0.25, 0.3) is 5.88 Å². The molecule has 8 nitrogen and oxygen atoms in total. The third-order valence-corrected chi connectivity index (χ3v) is 6.73. The SMILES string of the molecule is COc1cc(C2(c3ccccc3)C=Cc3c(-c4nsnc4OC)n[nH]c3C2)cc(OC)c1OC. The van der Waals surface area contributed by atoms with Crippen molar-refractivity contribution in [3.63, 3.8) is 0 Å². The van der Waals surface area contributed by atoms with E-state index in [0.29, 0.717) is 35.2 Å². The zero-order chi connectivity index (χ0) is 23.7. The molecule has 0 saturated heterocycles. The Balaban J connectivity index is 1.69. The van der Waals surface area contributed by atoms with E-state index in [1.54, 1.807) is 28.4 Å². The maximum absolute atomic E-state index is 5.66. The molecule has 5 rings (SSSR count). The first-order chi connectivity index (χ1) is 16.6. The molecule has 0 fully saturated rings. The van der Waals surface area contributed by atoms with Crippen LogP contribution in [0.5, 0.6) is 23.1 Å². The number of aromatic amines is 1. The van der Waals surface area contributed by atoms with E-state index in [4.69, 9.17) is 18.9 Å². The lowest BCUT2D eigenvalue weighted by atomic mass is 9.68. The van der Waals surface area contributed by atoms with Crippen LogP contribution in [-0.4, -0.2) is 47.4 Å². The maximum Gasteiger partial charge on any atom is 0.255 e. The number of ether oxygens (including phenoxy) is 4. The Morgan fingerprint density at radius 1 is 0.853 bits per heavy atom. The monoisotopic (exact) mass is 476 g/mol. The predicted octanol–water partition coefficient (Wildman–Crippen LogP) is 4.52. The number of nitrogens with one attached hydrogen (secondary N) is 1. The van der Waals surface area contributed by atoms with Gasteiger partial charge in [0.1, 0.15) is 5.69 Å². The molecule has 0 saturated carbocycles. The van der Waals surface area contributed by atoms with Crippen molar-refractivity contribution in [3.05, 3.63) is 70.9 Å². The Morgan fingerprint density at radius 3 is 2.24 bits per heavy atom. The topological polar surface area (TPSA) is 91.4 Å². The van der Waals surface area contributed by atoms with Gasteiger partial charge in [-0.05, 0) is 23.3 Å². The number of allylic oxidation sites excluding steroid dienone is 1. The number of H-pyrrole nitrogens is 1. The number of methoxy groups -OCH3 is 4. The van der Waals surface area contributed by atoms with Gasteiger partial charge in [0.15, 0.2) is 17.2 Å². The molecule has 2 aromatic heterocycles. The maximum atomic E-state index is 5.66. The van der Waals surface area contributed by atoms with E-state index in [1.165, 1.54) is 0 Å². The standard InChI is InChI=1S/C25H24N4O4S/c1-30-19-12-16(13-20(31-2)23(19)32-3)25(15-8-6-5-7-9-15)11-10-17-18(14-25)26-27-21(17)22-24(33-4)29-34-28-22/h5-13H,14H2,1-4H3,(H,26,27). The number of aromatic nitrogens is 4. The minimum absolute atomic E-state index is 0.470. The molecule has 1 unspecified atom stereocenters. The van der Waals surface area contributed by atoms with Crippen molar-refractivity contribution in [2.45, 2.75) is 11.8 Å². The molecule has 2 heterocycles. The zero-order valence-corrected chi connectivity index (χ0v) is 20.1. The first-order valence-corrected chi connectivity index (χ1v) is 11.4. The second kappa shape index (κ2) is 8.83. The van der Waals surface area contributed by atoms with Crippen molar-refractivity contribution in [1.29, 1.82) is 0 Å². The van der Waals surface area contributed by atoms with Gasteiger partial charge in [-0.2, -0.15) is 9.47 Å². The molecule has 1 atom stereocenters. The highest BCUT2D eigenvalue weighted by Gasteiger charge is 2.38. The van der Waals surface area contributed by atoms with Crippen LogP contribution in [0.3, 0.4) is 0 Å². The summed E-state index contributed by atoms with van der Waals surface area (Å²) in [7, 11) is 6.44. The summed E-state index contributed by atoms with van der Waals surface area (Å²) in [6.45, 7) is 0. The summed E-state index contributed by atoms with van der Waals surface area (Å²) >= 11 is 1.10. The summed E-state index contributed by atoms with van der Waals surface area (Å²) in [5.41, 5.74) is 4.98. The fourth-order valence-corrected chi connectivity index (χ4v) is 5.06. The molecule has 9 heteroatoms. The number of hydrogen-bond acceptors (Lipinski definition) is 8. The molecule has 1 aliphatic carbocycles. The quantitative estimate of drug-likeness (QED) is 0.419. The lowest BCUT2D eigenvalue weighted by Gasteiger charge is -2.35. The summed E-state index contributed by atoms with van der Waals surface area (Å²) in [4.78, 5) is 0. The summed E-state index contributed by atoms with van der Waals surface area (Å²) in [5.74, 6) is 2.24. The van der Waals surface area contributed by atoms with E-state index in [0.717, 1.165) is 39.8 Å². The summed E-state index contributed by atoms with van der Waals surface area (Å²) < 4.78 is 30.9. The van der Waals surface area contributed by atoms with Crippen molar-refractivity contribution in [2.75, 3.05) is 28.4 Å². The highest BCUT2D eigenvalue weighted by atomic mass is 32.1. The highest BCUT2D eigenvalue weighted by molar-refractivity contribution is 6.99. The van der Waals surface area contributed by atoms with Crippen molar-refractivity contribution < 1.29 is 18.9 Å². The van der Waals surface area contributed by atoms with Crippen molar-refractivity contribution in [2.24, 2.45) is 0 Å². The molecule has 4 aromatic rings. The van der Waals surface area contributed by atoms with E-state index in [-0.39, 0.29) is 0 Å². The largest absolute Gasteiger partial charge is 0.493 e. The molecule has 0 bridgehead atoms. The zero-order valence-electron chi connectivity index (χ0n) is 19.3. The Labute approximate surface area is 201 Å². The van der Waals surface area contributed by atoms with Gasteiger partial charge in [0.05, 0.1) is 40.2 Å². The second-order valence-corrected chi connectivity index (χ2v) is 8.38. The molecule has 1 N–H and O–H groups in total. The highest BCUT2D eigenvalue weighted by Crippen LogP contribution is 2.48. The van der Waals surface area contributed by atoms with Crippen molar-refractivity contribution in [1.82, 2.24) is 18.9 Å². The number of nitrogens with zero attached hydrogens (tertiary/aromatic N) is 3. The smallest absolute Gasteiger partial charge is 0.255 e. The van der Waals surface area contributed by atoms with E-state index >= 15 is 0 Å². The molecular formula is C25H24N4O4S. The average Bonchev–Trinajstić information content (AvgIpc) is 3.54. The van der Waals surface area contributed by atoms with Crippen LogP contribution in [0, 0.1) is 0 Å². The van der Waals surface area contributed by atoms with E-state index in [9.17, 15) is 0 Å². The summed E-state index contributed by atoms with van der Waals surface area (Å²) in [5, 5.41) is 7.81. The van der Waals surface area contributed by atoms with Gasteiger partial charge >= 0.3 is 0 Å². The molecule has 2 aromatic carbocycles. The number of rotatable bonds is 7. The van der Waals surface area contributed by atoms with E-state index in [1.807, 2.05) is 30.3 Å². The van der Waals surface area contributed by atoms with Crippen LogP contribution in [0.15, 0.2) is 48.5 Å². The van der Waals surface area contributed by atoms with Crippen LogP contribution in [0.1, 0.15) is 22.4 Å². The Bertz CT molecular complexity index is 1320. The van der Waals surface area contributed by atoms with Crippen LogP contribution in [-0.2, 0) is 11.8 Å². The average molecular weight is 477 g/mol. The normalized spacial score (nSPS) is 16.7. The molecule has 1 aliphatic rings. The predicted molar refractivity (Wildman–Crippen MR) is 130 cm³/mol. The van der Waals surface area contributed by atoms with E-state index < -0.39 is 5.41 Å². The second-order valence-electron chi connectivity index (χ2n) is 7.85. The first kappa shape index (κ1) is 22.0. The number of benzene rings is 2. The van der Waals surface area contributed by atoms with Gasteiger partial charge in [-0.1, -0.05) is 42.5 Å².